The number of carbonyl (C=O) groups is 3. The van der Waals surface area contributed by atoms with Gasteiger partial charge in [0.05, 0.1) is 22.9 Å². The van der Waals surface area contributed by atoms with Gasteiger partial charge in [-0.3, -0.25) is 24.6 Å². The second-order valence-corrected chi connectivity index (χ2v) is 14.6. The first-order chi connectivity index (χ1) is 24.4. The molecule has 11 heteroatoms. The first-order valence-electron chi connectivity index (χ1n) is 18.1. The topological polar surface area (TPSA) is 127 Å². The Balaban J connectivity index is 0.798. The maximum absolute atomic E-state index is 12.7. The quantitative estimate of drug-likeness (QED) is 0.261. The van der Waals surface area contributed by atoms with Gasteiger partial charge in [-0.05, 0) is 73.4 Å². The number of piperidine rings is 1. The summed E-state index contributed by atoms with van der Waals surface area (Å²) in [6.07, 6.45) is 7.36. The van der Waals surface area contributed by atoms with Crippen molar-refractivity contribution in [3.05, 3.63) is 83.7 Å². The lowest BCUT2D eigenvalue weighted by molar-refractivity contribution is -0.134. The van der Waals surface area contributed by atoms with E-state index in [0.29, 0.717) is 31.3 Å². The molecule has 5 aliphatic rings. The van der Waals surface area contributed by atoms with E-state index < -0.39 is 0 Å². The van der Waals surface area contributed by atoms with Gasteiger partial charge in [-0.1, -0.05) is 25.0 Å². The summed E-state index contributed by atoms with van der Waals surface area (Å²) < 4.78 is 0. The molecule has 2 aromatic carbocycles. The molecule has 2 aromatic heterocycles. The molecule has 3 N–H and O–H groups in total. The number of amides is 3. The van der Waals surface area contributed by atoms with Crippen molar-refractivity contribution in [1.82, 2.24) is 30.5 Å². The Morgan fingerprint density at radius 3 is 2.28 bits per heavy atom. The predicted molar refractivity (Wildman–Crippen MR) is 191 cm³/mol. The van der Waals surface area contributed by atoms with Crippen LogP contribution in [0, 0.1) is 0 Å². The Morgan fingerprint density at radius 1 is 0.820 bits per heavy atom. The molecule has 0 radical (unpaired) electrons. The summed E-state index contributed by atoms with van der Waals surface area (Å²) in [7, 11) is 0. The minimum absolute atomic E-state index is 0.00367. The maximum Gasteiger partial charge on any atom is 0.253 e. The van der Waals surface area contributed by atoms with E-state index in [9.17, 15) is 14.4 Å². The number of carbonyl (C=O) groups excluding carboxylic acids is 3. The van der Waals surface area contributed by atoms with Gasteiger partial charge in [0.1, 0.15) is 0 Å². The van der Waals surface area contributed by atoms with Gasteiger partial charge in [0.15, 0.2) is 5.82 Å². The molecule has 0 bridgehead atoms. The zero-order valence-electron chi connectivity index (χ0n) is 28.2. The number of nitrogens with one attached hydrogen (secondary N) is 3. The highest BCUT2D eigenvalue weighted by Crippen LogP contribution is 2.44. The monoisotopic (exact) mass is 670 g/mol. The molecule has 1 unspecified atom stereocenters. The molecule has 1 atom stereocenters. The number of hydrogen-bond acceptors (Lipinski definition) is 8. The molecule has 4 aliphatic heterocycles. The molecule has 1 saturated carbocycles. The highest BCUT2D eigenvalue weighted by molar-refractivity contribution is 6.01. The van der Waals surface area contributed by atoms with Gasteiger partial charge in [-0.25, -0.2) is 9.97 Å². The van der Waals surface area contributed by atoms with Gasteiger partial charge >= 0.3 is 0 Å². The van der Waals surface area contributed by atoms with Crippen LogP contribution in [0.15, 0.2) is 66.9 Å². The minimum atomic E-state index is -0.241. The van der Waals surface area contributed by atoms with E-state index >= 15 is 0 Å². The Morgan fingerprint density at radius 2 is 1.54 bits per heavy atom. The fourth-order valence-corrected chi connectivity index (χ4v) is 8.74. The summed E-state index contributed by atoms with van der Waals surface area (Å²) in [5.41, 5.74) is 7.85. The number of hydrogen-bond donors (Lipinski definition) is 3. The summed E-state index contributed by atoms with van der Waals surface area (Å²) in [6.45, 7) is 6.73. The third-order valence-corrected chi connectivity index (χ3v) is 11.8. The summed E-state index contributed by atoms with van der Waals surface area (Å²) in [5, 5.41) is 5.58. The summed E-state index contributed by atoms with van der Waals surface area (Å²) in [6, 6.07) is 21.3. The van der Waals surface area contributed by atoms with Crippen LogP contribution in [0.25, 0.3) is 22.8 Å². The molecule has 6 heterocycles. The molecule has 4 fully saturated rings. The summed E-state index contributed by atoms with van der Waals surface area (Å²) in [5.74, 6) is 0.0628. The number of nitrogens with zero attached hydrogens (tertiary/aromatic N) is 5. The van der Waals surface area contributed by atoms with E-state index in [2.05, 4.69) is 71.7 Å². The van der Waals surface area contributed by atoms with Gasteiger partial charge in [0.25, 0.3) is 5.91 Å². The highest BCUT2D eigenvalue weighted by atomic mass is 16.2. The Labute approximate surface area is 291 Å². The maximum atomic E-state index is 12.7. The van der Waals surface area contributed by atoms with Crippen molar-refractivity contribution < 1.29 is 14.4 Å². The fourth-order valence-electron chi connectivity index (χ4n) is 8.74. The molecule has 256 valence electrons. The highest BCUT2D eigenvalue weighted by Gasteiger charge is 2.43. The van der Waals surface area contributed by atoms with Crippen LogP contribution < -0.4 is 20.4 Å². The SMILES string of the molecule is O=C1CCC(c2ccc(N3CC(N4CCN(c5ccc(-c6nccc(-c7cc8c([nH]7)C7(CCCC7)CNC8=O)n6)cc5)CC4)C3)cc2)C(=O)N1. The van der Waals surface area contributed by atoms with E-state index in [4.69, 9.17) is 4.98 Å². The van der Waals surface area contributed by atoms with Crippen molar-refractivity contribution in [2.75, 3.05) is 55.6 Å². The number of piperazine rings is 1. The molecule has 3 saturated heterocycles. The summed E-state index contributed by atoms with van der Waals surface area (Å²) in [4.78, 5) is 57.1. The van der Waals surface area contributed by atoms with Crippen molar-refractivity contribution in [2.45, 2.75) is 55.9 Å². The number of imide groups is 1. The van der Waals surface area contributed by atoms with Gasteiger partial charge < -0.3 is 20.1 Å². The average molecular weight is 671 g/mol. The largest absolute Gasteiger partial charge is 0.369 e. The van der Waals surface area contributed by atoms with E-state index in [0.717, 1.165) is 85.9 Å². The lowest BCUT2D eigenvalue weighted by atomic mass is 9.78. The zero-order valence-corrected chi connectivity index (χ0v) is 28.2. The van der Waals surface area contributed by atoms with Crippen LogP contribution in [0.4, 0.5) is 11.4 Å². The predicted octanol–water partition coefficient (Wildman–Crippen LogP) is 4.22. The molecule has 11 nitrogen and oxygen atoms in total. The molecular formula is C39H42N8O3. The van der Waals surface area contributed by atoms with E-state index in [1.165, 1.54) is 24.2 Å². The normalized spacial score (nSPS) is 22.3. The molecule has 4 aromatic rings. The lowest BCUT2D eigenvalue weighted by Crippen LogP contribution is -2.63. The molecule has 1 spiro atoms. The van der Waals surface area contributed by atoms with E-state index in [1.54, 1.807) is 6.20 Å². The first-order valence-corrected chi connectivity index (χ1v) is 18.1. The van der Waals surface area contributed by atoms with Crippen LogP contribution in [-0.2, 0) is 15.0 Å². The Hall–Kier alpha value is -5.03. The number of aromatic amines is 1. The van der Waals surface area contributed by atoms with Gasteiger partial charge in [0, 0.05) is 92.5 Å². The first kappa shape index (κ1) is 31.0. The molecule has 9 rings (SSSR count). The number of H-pyrrole nitrogens is 1. The van der Waals surface area contributed by atoms with Gasteiger partial charge in [-0.15, -0.1) is 0 Å². The number of fused-ring (bicyclic) bond motifs is 2. The van der Waals surface area contributed by atoms with Crippen molar-refractivity contribution in [3.8, 4) is 22.8 Å². The van der Waals surface area contributed by atoms with Crippen molar-refractivity contribution in [2.24, 2.45) is 0 Å². The second-order valence-electron chi connectivity index (χ2n) is 14.6. The minimum Gasteiger partial charge on any atom is -0.369 e. The van der Waals surface area contributed by atoms with Crippen molar-refractivity contribution >= 4 is 29.1 Å². The second kappa shape index (κ2) is 12.4. The van der Waals surface area contributed by atoms with Gasteiger partial charge in [-0.2, -0.15) is 0 Å². The number of anilines is 2. The number of benzene rings is 2. The number of aromatic nitrogens is 3. The standard InChI is InChI=1S/C39H42N8O3/c48-34-12-11-30(38(50)44-34)25-3-7-28(8-4-25)47-22-29(23-47)46-19-17-45(18-20-46)27-9-5-26(6-10-27)36-40-16-13-32(43-36)33-21-31-35(42-33)39(14-1-2-15-39)24-41-37(31)49/h3-10,13,16,21,29-30,42H,1-2,11-12,14-15,17-20,22-24H2,(H,41,49)(H,44,48,50). The molecule has 3 amide bonds. The fraction of sp³-hybridized carbons (Fsp3) is 0.410. The van der Waals surface area contributed by atoms with Gasteiger partial charge in [0.2, 0.25) is 11.8 Å². The van der Waals surface area contributed by atoms with Crippen LogP contribution in [0.2, 0.25) is 0 Å². The van der Waals surface area contributed by atoms with Crippen LogP contribution in [-0.4, -0.2) is 89.4 Å². The van der Waals surface area contributed by atoms with Crippen LogP contribution in [0.5, 0.6) is 0 Å². The lowest BCUT2D eigenvalue weighted by Gasteiger charge is -2.49. The van der Waals surface area contributed by atoms with Crippen LogP contribution in [0.1, 0.15) is 66.1 Å². The molecule has 50 heavy (non-hydrogen) atoms. The van der Waals surface area contributed by atoms with Crippen molar-refractivity contribution in [3.63, 3.8) is 0 Å². The molecule has 1 aliphatic carbocycles. The Bertz CT molecular complexity index is 1930. The number of rotatable bonds is 6. The van der Waals surface area contributed by atoms with Crippen LogP contribution >= 0.6 is 0 Å². The molecular weight excluding hydrogens is 628 g/mol. The summed E-state index contributed by atoms with van der Waals surface area (Å²) >= 11 is 0. The van der Waals surface area contributed by atoms with E-state index in [1.807, 2.05) is 24.3 Å². The van der Waals surface area contributed by atoms with Crippen LogP contribution in [0.3, 0.4) is 0 Å². The van der Waals surface area contributed by atoms with E-state index in [-0.39, 0.29) is 29.1 Å². The third-order valence-electron chi connectivity index (χ3n) is 11.8. The van der Waals surface area contributed by atoms with Crippen molar-refractivity contribution in [1.29, 1.82) is 0 Å². The third kappa shape index (κ3) is 5.53. The Kier molecular flexibility index (Phi) is 7.67. The smallest absolute Gasteiger partial charge is 0.253 e. The zero-order chi connectivity index (χ0) is 33.8. The average Bonchev–Trinajstić information content (AvgIpc) is 3.80.